The van der Waals surface area contributed by atoms with E-state index in [1.54, 1.807) is 0 Å². The summed E-state index contributed by atoms with van der Waals surface area (Å²) in [6.45, 7) is 7.82. The Labute approximate surface area is 128 Å². The summed E-state index contributed by atoms with van der Waals surface area (Å²) in [4.78, 5) is 4.06. The number of imidazole rings is 1. The molecule has 0 amide bonds. The van der Waals surface area contributed by atoms with Crippen LogP contribution in [-0.4, -0.2) is 22.6 Å². The molecular weight excluding hydrogens is 258 g/mol. The predicted molar refractivity (Wildman–Crippen MR) is 88.4 cm³/mol. The number of benzene rings is 1. The van der Waals surface area contributed by atoms with Crippen LogP contribution in [0.1, 0.15) is 38.2 Å². The first-order chi connectivity index (χ1) is 10.3. The van der Waals surface area contributed by atoms with Crippen molar-refractivity contribution in [1.29, 1.82) is 0 Å². The second-order valence-electron chi connectivity index (χ2n) is 5.97. The summed E-state index contributed by atoms with van der Waals surface area (Å²) in [6, 6.07) is 10.8. The molecule has 0 radical (unpaired) electrons. The first-order valence-electron chi connectivity index (χ1n) is 7.99. The molecule has 1 N–H and O–H groups in total. The van der Waals surface area contributed by atoms with E-state index in [1.165, 1.54) is 18.4 Å². The van der Waals surface area contributed by atoms with E-state index in [1.807, 2.05) is 18.7 Å². The highest BCUT2D eigenvalue weighted by molar-refractivity contribution is 5.20. The summed E-state index contributed by atoms with van der Waals surface area (Å²) in [7, 11) is 0. The van der Waals surface area contributed by atoms with E-state index in [-0.39, 0.29) is 0 Å². The SMILES string of the molecule is CC(C)C(CNCCCCn1ccnc1)c1ccccc1. The molecule has 0 saturated carbocycles. The van der Waals surface area contributed by atoms with E-state index >= 15 is 0 Å². The third-order valence-electron chi connectivity index (χ3n) is 3.98. The van der Waals surface area contributed by atoms with Crippen molar-refractivity contribution in [2.45, 2.75) is 39.2 Å². The molecule has 0 bridgehead atoms. The Hall–Kier alpha value is -1.61. The molecule has 2 rings (SSSR count). The van der Waals surface area contributed by atoms with Gasteiger partial charge in [0.2, 0.25) is 0 Å². The van der Waals surface area contributed by atoms with E-state index in [0.717, 1.165) is 19.6 Å². The number of rotatable bonds is 9. The summed E-state index contributed by atoms with van der Waals surface area (Å²) < 4.78 is 2.14. The largest absolute Gasteiger partial charge is 0.337 e. The Bertz CT molecular complexity index is 476. The van der Waals surface area contributed by atoms with Gasteiger partial charge in [-0.05, 0) is 36.8 Å². The molecule has 0 fully saturated rings. The van der Waals surface area contributed by atoms with Gasteiger partial charge in [0.15, 0.2) is 0 Å². The van der Waals surface area contributed by atoms with Crippen molar-refractivity contribution >= 4 is 0 Å². The van der Waals surface area contributed by atoms with Gasteiger partial charge in [0.05, 0.1) is 6.33 Å². The lowest BCUT2D eigenvalue weighted by Crippen LogP contribution is -2.25. The van der Waals surface area contributed by atoms with Crippen LogP contribution in [-0.2, 0) is 6.54 Å². The highest BCUT2D eigenvalue weighted by atomic mass is 15.0. The number of nitrogens with zero attached hydrogens (tertiary/aromatic N) is 2. The van der Waals surface area contributed by atoms with Gasteiger partial charge in [0.1, 0.15) is 0 Å². The van der Waals surface area contributed by atoms with Crippen molar-refractivity contribution in [2.75, 3.05) is 13.1 Å². The molecule has 1 aromatic carbocycles. The maximum Gasteiger partial charge on any atom is 0.0945 e. The van der Waals surface area contributed by atoms with E-state index in [0.29, 0.717) is 11.8 Å². The van der Waals surface area contributed by atoms with E-state index < -0.39 is 0 Å². The Morgan fingerprint density at radius 1 is 1.14 bits per heavy atom. The first kappa shape index (κ1) is 15.8. The van der Waals surface area contributed by atoms with Crippen LogP contribution in [0.3, 0.4) is 0 Å². The summed E-state index contributed by atoms with van der Waals surface area (Å²) >= 11 is 0. The zero-order valence-electron chi connectivity index (χ0n) is 13.2. The first-order valence-corrected chi connectivity index (χ1v) is 7.99. The van der Waals surface area contributed by atoms with Crippen molar-refractivity contribution in [2.24, 2.45) is 5.92 Å². The van der Waals surface area contributed by atoms with Crippen molar-refractivity contribution in [3.05, 3.63) is 54.6 Å². The molecule has 1 aromatic heterocycles. The minimum absolute atomic E-state index is 0.597. The average Bonchev–Trinajstić information content (AvgIpc) is 3.00. The third-order valence-corrected chi connectivity index (χ3v) is 3.98. The van der Waals surface area contributed by atoms with Crippen molar-refractivity contribution < 1.29 is 0 Å². The molecule has 114 valence electrons. The van der Waals surface area contributed by atoms with Gasteiger partial charge in [-0.15, -0.1) is 0 Å². The van der Waals surface area contributed by atoms with E-state index in [9.17, 15) is 0 Å². The highest BCUT2D eigenvalue weighted by Gasteiger charge is 2.14. The number of unbranched alkanes of at least 4 members (excludes halogenated alkanes) is 1. The molecular formula is C18H27N3. The van der Waals surface area contributed by atoms with Crippen LogP contribution in [0.5, 0.6) is 0 Å². The Morgan fingerprint density at radius 3 is 2.62 bits per heavy atom. The molecule has 1 heterocycles. The van der Waals surface area contributed by atoms with Crippen LogP contribution in [0.2, 0.25) is 0 Å². The number of aryl methyl sites for hydroxylation is 1. The van der Waals surface area contributed by atoms with Gasteiger partial charge < -0.3 is 9.88 Å². The fraction of sp³-hybridized carbons (Fsp3) is 0.500. The Morgan fingerprint density at radius 2 is 1.95 bits per heavy atom. The lowest BCUT2D eigenvalue weighted by atomic mass is 9.88. The van der Waals surface area contributed by atoms with Gasteiger partial charge in [0.25, 0.3) is 0 Å². The second-order valence-corrected chi connectivity index (χ2v) is 5.97. The standard InChI is InChI=1S/C18H27N3/c1-16(2)18(17-8-4-3-5-9-17)14-19-10-6-7-12-21-13-11-20-15-21/h3-5,8-9,11,13,15-16,18-19H,6-7,10,12,14H2,1-2H3. The van der Waals surface area contributed by atoms with Gasteiger partial charge in [0, 0.05) is 25.5 Å². The van der Waals surface area contributed by atoms with E-state index in [4.69, 9.17) is 0 Å². The normalized spacial score (nSPS) is 12.7. The van der Waals surface area contributed by atoms with Crippen LogP contribution >= 0.6 is 0 Å². The van der Waals surface area contributed by atoms with Gasteiger partial charge in [-0.3, -0.25) is 0 Å². The maximum absolute atomic E-state index is 4.06. The molecule has 3 heteroatoms. The molecule has 3 nitrogen and oxygen atoms in total. The minimum Gasteiger partial charge on any atom is -0.337 e. The molecule has 21 heavy (non-hydrogen) atoms. The fourth-order valence-corrected chi connectivity index (χ4v) is 2.66. The van der Waals surface area contributed by atoms with Crippen LogP contribution < -0.4 is 5.32 Å². The van der Waals surface area contributed by atoms with Crippen molar-refractivity contribution in [1.82, 2.24) is 14.9 Å². The Balaban J connectivity index is 1.66. The van der Waals surface area contributed by atoms with Gasteiger partial charge in [-0.25, -0.2) is 4.98 Å². The fourth-order valence-electron chi connectivity index (χ4n) is 2.66. The zero-order chi connectivity index (χ0) is 14.9. The van der Waals surface area contributed by atoms with Crippen molar-refractivity contribution in [3.63, 3.8) is 0 Å². The smallest absolute Gasteiger partial charge is 0.0945 e. The second kappa shape index (κ2) is 8.63. The molecule has 1 unspecified atom stereocenters. The third kappa shape index (κ3) is 5.35. The van der Waals surface area contributed by atoms with Crippen molar-refractivity contribution in [3.8, 4) is 0 Å². The summed E-state index contributed by atoms with van der Waals surface area (Å²) in [5, 5.41) is 3.62. The topological polar surface area (TPSA) is 29.9 Å². The summed E-state index contributed by atoms with van der Waals surface area (Å²) in [5.41, 5.74) is 1.44. The number of hydrogen-bond donors (Lipinski definition) is 1. The zero-order valence-corrected chi connectivity index (χ0v) is 13.2. The quantitative estimate of drug-likeness (QED) is 0.712. The van der Waals surface area contributed by atoms with Gasteiger partial charge in [-0.1, -0.05) is 44.2 Å². The number of aromatic nitrogens is 2. The number of hydrogen-bond acceptors (Lipinski definition) is 2. The summed E-state index contributed by atoms with van der Waals surface area (Å²) in [5.74, 6) is 1.26. The van der Waals surface area contributed by atoms with Crippen LogP contribution in [0.25, 0.3) is 0 Å². The predicted octanol–water partition coefficient (Wildman–Crippen LogP) is 3.69. The lowest BCUT2D eigenvalue weighted by Gasteiger charge is -2.22. The van der Waals surface area contributed by atoms with Gasteiger partial charge >= 0.3 is 0 Å². The average molecular weight is 285 g/mol. The van der Waals surface area contributed by atoms with Gasteiger partial charge in [-0.2, -0.15) is 0 Å². The molecule has 0 spiro atoms. The molecule has 2 aromatic rings. The van der Waals surface area contributed by atoms with Crippen LogP contribution in [0.15, 0.2) is 49.1 Å². The monoisotopic (exact) mass is 285 g/mol. The Kier molecular flexibility index (Phi) is 6.48. The van der Waals surface area contributed by atoms with E-state index in [2.05, 4.69) is 59.0 Å². The lowest BCUT2D eigenvalue weighted by molar-refractivity contribution is 0.454. The van der Waals surface area contributed by atoms with Crippen LogP contribution in [0, 0.1) is 5.92 Å². The summed E-state index contributed by atoms with van der Waals surface area (Å²) in [6.07, 6.45) is 8.15. The maximum atomic E-state index is 4.06. The molecule has 1 atom stereocenters. The number of nitrogens with one attached hydrogen (secondary N) is 1. The molecule has 0 aliphatic carbocycles. The minimum atomic E-state index is 0.597. The molecule has 0 aliphatic rings. The highest BCUT2D eigenvalue weighted by Crippen LogP contribution is 2.23. The van der Waals surface area contributed by atoms with Crippen LogP contribution in [0.4, 0.5) is 0 Å². The molecule has 0 saturated heterocycles. The molecule has 0 aliphatic heterocycles.